The minimum Gasteiger partial charge on any atom is -0.352 e. The number of fused-ring (bicyclic) bond motifs is 3. The van der Waals surface area contributed by atoms with Crippen molar-refractivity contribution in [1.82, 2.24) is 10.2 Å². The van der Waals surface area contributed by atoms with Crippen molar-refractivity contribution in [2.75, 3.05) is 19.7 Å². The van der Waals surface area contributed by atoms with Gasteiger partial charge in [-0.25, -0.2) is 4.79 Å². The van der Waals surface area contributed by atoms with E-state index >= 15 is 0 Å². The number of hydrogen-bond acceptors (Lipinski definition) is 4. The fraction of sp³-hybridized carbons (Fsp3) is 0.462. The Balaban J connectivity index is 1.33. The largest absolute Gasteiger partial charge is 0.441 e. The summed E-state index contributed by atoms with van der Waals surface area (Å²) in [5.41, 5.74) is 4.78. The predicted octanol–water partition coefficient (Wildman–Crippen LogP) is 4.88. The molecule has 1 heterocycles. The summed E-state index contributed by atoms with van der Waals surface area (Å²) in [5, 5.41) is 3.07. The van der Waals surface area contributed by atoms with E-state index in [1.807, 2.05) is 38.1 Å². The van der Waals surface area contributed by atoms with Crippen LogP contribution >= 0.6 is 0 Å². The van der Waals surface area contributed by atoms with Gasteiger partial charge in [0.05, 0.1) is 0 Å². The molecule has 1 aliphatic heterocycles. The van der Waals surface area contributed by atoms with Gasteiger partial charge in [-0.05, 0) is 47.4 Å². The lowest BCUT2D eigenvalue weighted by molar-refractivity contribution is -0.247. The molecule has 0 spiro atoms. The van der Waals surface area contributed by atoms with Gasteiger partial charge in [-0.2, -0.15) is 4.89 Å². The van der Waals surface area contributed by atoms with Gasteiger partial charge in [0.1, 0.15) is 6.61 Å². The summed E-state index contributed by atoms with van der Waals surface area (Å²) in [7, 11) is 0. The highest BCUT2D eigenvalue weighted by Gasteiger charge is 2.30. The molecule has 170 valence electrons. The molecule has 2 aromatic carbocycles. The van der Waals surface area contributed by atoms with Crippen molar-refractivity contribution >= 4 is 12.0 Å². The van der Waals surface area contributed by atoms with Crippen molar-refractivity contribution in [3.05, 3.63) is 59.7 Å². The third kappa shape index (κ3) is 5.13. The summed E-state index contributed by atoms with van der Waals surface area (Å²) in [6, 6.07) is 16.5. The molecule has 4 rings (SSSR count). The predicted molar refractivity (Wildman–Crippen MR) is 123 cm³/mol. The van der Waals surface area contributed by atoms with E-state index in [4.69, 9.17) is 9.78 Å². The molecule has 32 heavy (non-hydrogen) atoms. The van der Waals surface area contributed by atoms with E-state index < -0.39 is 6.09 Å². The smallest absolute Gasteiger partial charge is 0.352 e. The van der Waals surface area contributed by atoms with Crippen molar-refractivity contribution in [2.24, 2.45) is 5.92 Å². The number of carbonyl (C=O) groups excluding carboxylic acids is 2. The summed E-state index contributed by atoms with van der Waals surface area (Å²) in [6.45, 7) is 5.36. The van der Waals surface area contributed by atoms with E-state index in [0.29, 0.717) is 25.4 Å². The molecule has 0 bridgehead atoms. The molecule has 1 fully saturated rings. The van der Waals surface area contributed by atoms with Crippen molar-refractivity contribution in [3.8, 4) is 11.1 Å². The first-order valence-corrected chi connectivity index (χ1v) is 11.6. The minimum absolute atomic E-state index is 0.0300. The molecule has 0 aromatic heterocycles. The highest BCUT2D eigenvalue weighted by Crippen LogP contribution is 2.44. The monoisotopic (exact) mass is 436 g/mol. The van der Waals surface area contributed by atoms with Crippen LogP contribution in [0.2, 0.25) is 0 Å². The summed E-state index contributed by atoms with van der Waals surface area (Å²) in [4.78, 5) is 37.2. The number of nitrogens with one attached hydrogen (secondary N) is 1. The fourth-order valence-corrected chi connectivity index (χ4v) is 4.73. The second-order valence-electron chi connectivity index (χ2n) is 9.17. The van der Waals surface area contributed by atoms with Gasteiger partial charge in [-0.3, -0.25) is 9.68 Å². The lowest BCUT2D eigenvalue weighted by Gasteiger charge is -2.24. The number of rotatable bonds is 6. The van der Waals surface area contributed by atoms with Crippen LogP contribution in [-0.2, 0) is 14.6 Å². The van der Waals surface area contributed by atoms with E-state index in [9.17, 15) is 9.59 Å². The van der Waals surface area contributed by atoms with Crippen molar-refractivity contribution < 1.29 is 19.4 Å². The number of nitrogens with zero attached hydrogens (tertiary/aromatic N) is 1. The van der Waals surface area contributed by atoms with E-state index in [1.54, 1.807) is 4.90 Å². The average molecular weight is 437 g/mol. The van der Waals surface area contributed by atoms with Gasteiger partial charge in [-0.15, -0.1) is 0 Å². The van der Waals surface area contributed by atoms with Gasteiger partial charge in [0, 0.05) is 31.5 Å². The fourth-order valence-electron chi connectivity index (χ4n) is 4.73. The number of likely N-dealkylation sites (tertiary alicyclic amines) is 1. The van der Waals surface area contributed by atoms with Gasteiger partial charge in [0.25, 0.3) is 0 Å². The van der Waals surface area contributed by atoms with E-state index in [2.05, 4.69) is 29.6 Å². The molecule has 1 aliphatic carbocycles. The molecule has 2 aromatic rings. The zero-order valence-electron chi connectivity index (χ0n) is 18.9. The molecular weight excluding hydrogens is 404 g/mol. The molecule has 2 amide bonds. The maximum atomic E-state index is 12.7. The molecule has 2 aliphatic rings. The Morgan fingerprint density at radius 1 is 1.03 bits per heavy atom. The number of carbonyl (C=O) groups is 2. The summed E-state index contributed by atoms with van der Waals surface area (Å²) in [6.07, 6.45) is 2.72. The van der Waals surface area contributed by atoms with E-state index in [1.165, 1.54) is 22.3 Å². The van der Waals surface area contributed by atoms with Gasteiger partial charge >= 0.3 is 6.09 Å². The minimum atomic E-state index is -0.491. The lowest BCUT2D eigenvalue weighted by Crippen LogP contribution is -2.45. The normalized spacial score (nSPS) is 18.1. The molecule has 0 radical (unpaired) electrons. The third-order valence-electron chi connectivity index (χ3n) is 6.22. The van der Waals surface area contributed by atoms with Crippen LogP contribution in [0.3, 0.4) is 0 Å². The standard InChI is InChI=1S/C26H32N2O4/c1-18(2)15-25(29)27-19-9-7-8-14-28(16-19)26(30)32-31-17-24-22-12-5-3-10-20(22)21-11-4-6-13-23(21)24/h3-6,10-13,18-19,24H,7-9,14-17H2,1-2H3,(H,27,29). The zero-order valence-corrected chi connectivity index (χ0v) is 18.9. The Labute approximate surface area is 189 Å². The van der Waals surface area contributed by atoms with Gasteiger partial charge in [0.15, 0.2) is 0 Å². The van der Waals surface area contributed by atoms with Gasteiger partial charge in [0.2, 0.25) is 5.91 Å². The lowest BCUT2D eigenvalue weighted by atomic mass is 9.98. The van der Waals surface area contributed by atoms with E-state index in [-0.39, 0.29) is 24.5 Å². The second-order valence-corrected chi connectivity index (χ2v) is 9.17. The van der Waals surface area contributed by atoms with Crippen LogP contribution in [0.15, 0.2) is 48.5 Å². The second kappa shape index (κ2) is 10.2. The maximum Gasteiger partial charge on any atom is 0.441 e. The highest BCUT2D eigenvalue weighted by atomic mass is 17.2. The first-order chi connectivity index (χ1) is 15.5. The van der Waals surface area contributed by atoms with Crippen molar-refractivity contribution in [1.29, 1.82) is 0 Å². The molecule has 6 heteroatoms. The number of amides is 2. The first-order valence-electron chi connectivity index (χ1n) is 11.6. The SMILES string of the molecule is CC(C)CC(=O)NC1CCCCN(C(=O)OOCC2c3ccccc3-c3ccccc32)C1. The Bertz CT molecular complexity index is 913. The van der Waals surface area contributed by atoms with Crippen LogP contribution in [0, 0.1) is 5.92 Å². The number of benzene rings is 2. The number of hydrogen-bond donors (Lipinski definition) is 1. The van der Waals surface area contributed by atoms with Crippen LogP contribution in [0.25, 0.3) is 11.1 Å². The molecule has 6 nitrogen and oxygen atoms in total. The van der Waals surface area contributed by atoms with Crippen LogP contribution in [-0.4, -0.2) is 42.6 Å². The summed E-state index contributed by atoms with van der Waals surface area (Å²) >= 11 is 0. The van der Waals surface area contributed by atoms with Crippen LogP contribution in [0.1, 0.15) is 56.6 Å². The topological polar surface area (TPSA) is 67.9 Å². The average Bonchev–Trinajstić information content (AvgIpc) is 2.91. The summed E-state index contributed by atoms with van der Waals surface area (Å²) < 4.78 is 0. The Morgan fingerprint density at radius 3 is 2.34 bits per heavy atom. The Hall–Kier alpha value is -2.86. The highest BCUT2D eigenvalue weighted by molar-refractivity contribution is 5.79. The Morgan fingerprint density at radius 2 is 1.69 bits per heavy atom. The van der Waals surface area contributed by atoms with E-state index in [0.717, 1.165) is 19.3 Å². The molecule has 1 unspecified atom stereocenters. The zero-order chi connectivity index (χ0) is 22.5. The van der Waals surface area contributed by atoms with Crippen LogP contribution in [0.5, 0.6) is 0 Å². The molecule has 0 saturated carbocycles. The maximum absolute atomic E-state index is 12.7. The first kappa shape index (κ1) is 22.3. The quantitative estimate of drug-likeness (QED) is 0.517. The van der Waals surface area contributed by atoms with Gasteiger partial charge < -0.3 is 10.2 Å². The van der Waals surface area contributed by atoms with Gasteiger partial charge in [-0.1, -0.05) is 62.4 Å². The van der Waals surface area contributed by atoms with Crippen molar-refractivity contribution in [3.63, 3.8) is 0 Å². The summed E-state index contributed by atoms with van der Waals surface area (Å²) in [5.74, 6) is 0.374. The molecular formula is C26H32N2O4. The molecule has 1 atom stereocenters. The Kier molecular flexibility index (Phi) is 7.10. The molecule has 1 saturated heterocycles. The van der Waals surface area contributed by atoms with Crippen molar-refractivity contribution in [2.45, 2.75) is 51.5 Å². The molecule has 1 N–H and O–H groups in total. The third-order valence-corrected chi connectivity index (χ3v) is 6.22. The van der Waals surface area contributed by atoms with Crippen LogP contribution < -0.4 is 5.32 Å². The van der Waals surface area contributed by atoms with Crippen LogP contribution in [0.4, 0.5) is 4.79 Å².